The van der Waals surface area contributed by atoms with E-state index in [0.717, 1.165) is 25.8 Å². The first-order valence-corrected chi connectivity index (χ1v) is 11.3. The molecule has 31 heavy (non-hydrogen) atoms. The van der Waals surface area contributed by atoms with Gasteiger partial charge in [0.15, 0.2) is 5.75 Å². The number of hydrogen-bond donors (Lipinski definition) is 1. The first-order chi connectivity index (χ1) is 14.8. The predicted molar refractivity (Wildman–Crippen MR) is 115 cm³/mol. The second kappa shape index (κ2) is 8.82. The number of amides is 2. The molecule has 170 valence electrons. The molecule has 1 aromatic carbocycles. The standard InChI is InChI=1S/C22H29ClFN3O4/c1-15-21(30)25(11-12-27(15)16-4-5-17(23)18(13-16)31-24)9-2-3-20(29)26-10-8-22(6-7-22)19(28)14-26/h4-5,13,15,19,28H,2-3,6-12,14H2,1H3/t15-,19+/m0/s1. The number of anilines is 1. The van der Waals surface area contributed by atoms with Crippen LogP contribution in [0.2, 0.25) is 5.02 Å². The molecule has 2 amide bonds. The Labute approximate surface area is 186 Å². The van der Waals surface area contributed by atoms with Gasteiger partial charge in [-0.2, -0.15) is 0 Å². The second-order valence-corrected chi connectivity index (χ2v) is 9.37. The number of halogens is 2. The van der Waals surface area contributed by atoms with Crippen molar-refractivity contribution in [2.45, 2.75) is 51.2 Å². The van der Waals surface area contributed by atoms with Crippen LogP contribution in [-0.2, 0) is 9.59 Å². The number of piperidine rings is 1. The van der Waals surface area contributed by atoms with Crippen molar-refractivity contribution in [3.05, 3.63) is 23.2 Å². The number of rotatable bonds is 6. The number of aliphatic hydroxyl groups is 1. The van der Waals surface area contributed by atoms with Gasteiger partial charge in [0.25, 0.3) is 0 Å². The zero-order valence-electron chi connectivity index (χ0n) is 17.7. The van der Waals surface area contributed by atoms with Crippen LogP contribution < -0.4 is 9.84 Å². The summed E-state index contributed by atoms with van der Waals surface area (Å²) >= 11 is 5.88. The lowest BCUT2D eigenvalue weighted by molar-refractivity contribution is -0.138. The Morgan fingerprint density at radius 3 is 2.74 bits per heavy atom. The summed E-state index contributed by atoms with van der Waals surface area (Å²) in [6, 6.07) is 4.36. The molecular weight excluding hydrogens is 425 g/mol. The van der Waals surface area contributed by atoms with Gasteiger partial charge >= 0.3 is 0 Å². The molecule has 0 bridgehead atoms. The van der Waals surface area contributed by atoms with Gasteiger partial charge < -0.3 is 19.8 Å². The smallest absolute Gasteiger partial charge is 0.245 e. The first kappa shape index (κ1) is 22.1. The number of carbonyl (C=O) groups excluding carboxylic acids is 2. The predicted octanol–water partition coefficient (Wildman–Crippen LogP) is 2.79. The van der Waals surface area contributed by atoms with Crippen LogP contribution in [-0.4, -0.2) is 71.6 Å². The Morgan fingerprint density at radius 1 is 1.29 bits per heavy atom. The summed E-state index contributed by atoms with van der Waals surface area (Å²) in [7, 11) is 0. The van der Waals surface area contributed by atoms with E-state index < -0.39 is 12.1 Å². The van der Waals surface area contributed by atoms with Crippen molar-refractivity contribution in [2.24, 2.45) is 5.41 Å². The molecule has 3 aliphatic rings. The Kier molecular flexibility index (Phi) is 6.30. The Hall–Kier alpha value is -2.06. The van der Waals surface area contributed by atoms with E-state index in [4.69, 9.17) is 11.6 Å². The van der Waals surface area contributed by atoms with Crippen molar-refractivity contribution in [3.8, 4) is 5.75 Å². The van der Waals surface area contributed by atoms with Gasteiger partial charge in [0.1, 0.15) is 6.04 Å². The lowest BCUT2D eigenvalue weighted by Gasteiger charge is -2.40. The fourth-order valence-electron chi connectivity index (χ4n) is 4.80. The third-order valence-electron chi connectivity index (χ3n) is 7.12. The van der Waals surface area contributed by atoms with E-state index in [-0.39, 0.29) is 28.0 Å². The summed E-state index contributed by atoms with van der Waals surface area (Å²) in [6.07, 6.45) is 3.59. The normalized spacial score (nSPS) is 25.2. The topological polar surface area (TPSA) is 73.3 Å². The molecule has 0 radical (unpaired) electrons. The van der Waals surface area contributed by atoms with E-state index in [0.29, 0.717) is 44.7 Å². The third-order valence-corrected chi connectivity index (χ3v) is 7.43. The SMILES string of the molecule is C[C@H]1C(=O)N(CCCC(=O)N2CCC3(CC3)[C@H](O)C2)CCN1c1ccc(Cl)c(OF)c1. The zero-order chi connectivity index (χ0) is 22.2. The van der Waals surface area contributed by atoms with E-state index in [1.807, 2.05) is 11.8 Å². The number of piperazine rings is 1. The molecule has 0 aromatic heterocycles. The molecule has 2 aliphatic heterocycles. The monoisotopic (exact) mass is 453 g/mol. The van der Waals surface area contributed by atoms with E-state index in [9.17, 15) is 19.2 Å². The minimum Gasteiger partial charge on any atom is -0.391 e. The highest BCUT2D eigenvalue weighted by Crippen LogP contribution is 2.53. The minimum absolute atomic E-state index is 0.0274. The van der Waals surface area contributed by atoms with Crippen LogP contribution in [0.3, 0.4) is 0 Å². The minimum atomic E-state index is -0.412. The summed E-state index contributed by atoms with van der Waals surface area (Å²) in [6.45, 7) is 4.59. The summed E-state index contributed by atoms with van der Waals surface area (Å²) in [5.41, 5.74) is 0.755. The van der Waals surface area contributed by atoms with E-state index >= 15 is 0 Å². The molecule has 1 N–H and O–H groups in total. The van der Waals surface area contributed by atoms with Gasteiger partial charge in [0.2, 0.25) is 11.8 Å². The maximum atomic E-state index is 12.9. The fraction of sp³-hybridized carbons (Fsp3) is 0.636. The van der Waals surface area contributed by atoms with Crippen molar-refractivity contribution < 1.29 is 24.2 Å². The van der Waals surface area contributed by atoms with Crippen LogP contribution in [0.15, 0.2) is 18.2 Å². The maximum Gasteiger partial charge on any atom is 0.245 e. The molecule has 3 fully saturated rings. The zero-order valence-corrected chi connectivity index (χ0v) is 18.5. The highest BCUT2D eigenvalue weighted by atomic mass is 35.5. The average molecular weight is 454 g/mol. The van der Waals surface area contributed by atoms with Crippen LogP contribution in [0, 0.1) is 5.41 Å². The molecule has 4 rings (SSSR count). The molecule has 2 atom stereocenters. The Balaban J connectivity index is 1.26. The van der Waals surface area contributed by atoms with Crippen LogP contribution in [0.5, 0.6) is 5.75 Å². The van der Waals surface area contributed by atoms with Gasteiger partial charge in [-0.3, -0.25) is 14.5 Å². The third kappa shape index (κ3) is 4.46. The van der Waals surface area contributed by atoms with Crippen LogP contribution >= 0.6 is 11.6 Å². The van der Waals surface area contributed by atoms with Crippen LogP contribution in [0.25, 0.3) is 0 Å². The van der Waals surface area contributed by atoms with Crippen LogP contribution in [0.4, 0.5) is 10.2 Å². The van der Waals surface area contributed by atoms with E-state index in [1.165, 1.54) is 6.07 Å². The summed E-state index contributed by atoms with van der Waals surface area (Å²) in [4.78, 5) is 34.6. The molecular formula is C22H29ClFN3O4. The number of nitrogens with zero attached hydrogens (tertiary/aromatic N) is 3. The molecule has 7 nitrogen and oxygen atoms in total. The summed E-state index contributed by atoms with van der Waals surface area (Å²) in [5, 5.41) is 10.5. The highest BCUT2D eigenvalue weighted by molar-refractivity contribution is 6.32. The maximum absolute atomic E-state index is 12.9. The number of benzene rings is 1. The van der Waals surface area contributed by atoms with Gasteiger partial charge in [-0.05, 0) is 50.2 Å². The van der Waals surface area contributed by atoms with Gasteiger partial charge in [0, 0.05) is 55.4 Å². The fourth-order valence-corrected chi connectivity index (χ4v) is 4.95. The van der Waals surface area contributed by atoms with Gasteiger partial charge in [-0.1, -0.05) is 11.6 Å². The van der Waals surface area contributed by atoms with E-state index in [1.54, 1.807) is 21.9 Å². The molecule has 2 heterocycles. The number of likely N-dealkylation sites (tertiary alicyclic amines) is 1. The average Bonchev–Trinajstić information content (AvgIpc) is 3.54. The lowest BCUT2D eigenvalue weighted by atomic mass is 9.90. The number of carbonyl (C=O) groups is 2. The second-order valence-electron chi connectivity index (χ2n) is 8.96. The largest absolute Gasteiger partial charge is 0.391 e. The molecule has 9 heteroatoms. The summed E-state index contributed by atoms with van der Waals surface area (Å²) < 4.78 is 12.6. The number of hydrogen-bond acceptors (Lipinski definition) is 5. The highest BCUT2D eigenvalue weighted by Gasteiger charge is 2.51. The molecule has 1 aromatic rings. The van der Waals surface area contributed by atoms with E-state index in [2.05, 4.69) is 4.94 Å². The van der Waals surface area contributed by atoms with Crippen molar-refractivity contribution in [2.75, 3.05) is 37.6 Å². The first-order valence-electron chi connectivity index (χ1n) is 10.9. The Bertz CT molecular complexity index is 850. The van der Waals surface area contributed by atoms with Crippen molar-refractivity contribution in [1.29, 1.82) is 0 Å². The lowest BCUT2D eigenvalue weighted by Crippen LogP contribution is -2.56. The number of β-amino-alcohol motifs (C(OH)–C–C–N with tert-alkyl or cyclic N) is 1. The molecule has 1 saturated carbocycles. The van der Waals surface area contributed by atoms with Crippen LogP contribution in [0.1, 0.15) is 39.0 Å². The van der Waals surface area contributed by atoms with Crippen molar-refractivity contribution >= 4 is 29.1 Å². The van der Waals surface area contributed by atoms with Gasteiger partial charge in [-0.15, -0.1) is 0 Å². The molecule has 1 aliphatic carbocycles. The number of aliphatic hydroxyl groups excluding tert-OH is 1. The van der Waals surface area contributed by atoms with Crippen molar-refractivity contribution in [3.63, 3.8) is 0 Å². The molecule has 1 spiro atoms. The Morgan fingerprint density at radius 2 is 2.06 bits per heavy atom. The molecule has 0 unspecified atom stereocenters. The van der Waals surface area contributed by atoms with Gasteiger partial charge in [0.05, 0.1) is 11.1 Å². The summed E-state index contributed by atoms with van der Waals surface area (Å²) in [5.74, 6) is -0.0516. The quantitative estimate of drug-likeness (QED) is 0.717. The molecule has 2 saturated heterocycles. The van der Waals surface area contributed by atoms with Crippen molar-refractivity contribution in [1.82, 2.24) is 9.80 Å². The van der Waals surface area contributed by atoms with Gasteiger partial charge in [-0.25, -0.2) is 0 Å².